The number of hydrogen-bond donors (Lipinski definition) is 3. The first-order valence-electron chi connectivity index (χ1n) is 13.9. The molecule has 0 aliphatic carbocycles. The zero-order valence-corrected chi connectivity index (χ0v) is 24.2. The van der Waals surface area contributed by atoms with E-state index in [0.717, 1.165) is 17.8 Å². The molecule has 3 N–H and O–H groups in total. The molecule has 222 valence electrons. The molecule has 1 aromatic heterocycles. The third-order valence-corrected chi connectivity index (χ3v) is 10.6. The minimum atomic E-state index is -4.98. The van der Waals surface area contributed by atoms with E-state index in [0.29, 0.717) is 54.4 Å². The summed E-state index contributed by atoms with van der Waals surface area (Å²) >= 11 is 1.13. The average Bonchev–Trinajstić information content (AvgIpc) is 3.52. The summed E-state index contributed by atoms with van der Waals surface area (Å²) in [4.78, 5) is 62.4. The molecule has 3 aromatic rings. The summed E-state index contributed by atoms with van der Waals surface area (Å²) in [6.07, 6.45) is 3.11. The molecule has 9 nitrogen and oxygen atoms in total. The van der Waals surface area contributed by atoms with Crippen molar-refractivity contribution in [2.75, 3.05) is 13.1 Å². The molecule has 3 amide bonds. The van der Waals surface area contributed by atoms with Crippen LogP contribution in [0.2, 0.25) is 0 Å². The smallest absolute Gasteiger partial charge is 0.340 e. The average molecular weight is 618 g/mol. The van der Waals surface area contributed by atoms with Gasteiger partial charge in [0.2, 0.25) is 17.7 Å². The monoisotopic (exact) mass is 617 g/mol. The van der Waals surface area contributed by atoms with Crippen LogP contribution < -0.4 is 5.32 Å². The van der Waals surface area contributed by atoms with Crippen molar-refractivity contribution in [1.82, 2.24) is 15.1 Å². The molecule has 0 radical (unpaired) electrons. The minimum Gasteiger partial charge on any atom is -0.340 e. The van der Waals surface area contributed by atoms with E-state index in [1.54, 1.807) is 28.0 Å². The van der Waals surface area contributed by atoms with Crippen molar-refractivity contribution >= 4 is 46.7 Å². The minimum absolute atomic E-state index is 0.0795. The number of thiophene rings is 1. The van der Waals surface area contributed by atoms with E-state index < -0.39 is 31.5 Å². The molecular formula is C29H30F2N3O6PS. The van der Waals surface area contributed by atoms with Gasteiger partial charge in [-0.3, -0.25) is 18.9 Å². The van der Waals surface area contributed by atoms with Crippen molar-refractivity contribution in [2.24, 2.45) is 0 Å². The van der Waals surface area contributed by atoms with E-state index in [4.69, 9.17) is 0 Å². The summed E-state index contributed by atoms with van der Waals surface area (Å²) in [6, 6.07) is 10.6. The number of amides is 3. The third-order valence-electron chi connectivity index (χ3n) is 8.55. The fourth-order valence-electron chi connectivity index (χ4n) is 6.35. The number of nitrogens with zero attached hydrogens (tertiary/aromatic N) is 2. The summed E-state index contributed by atoms with van der Waals surface area (Å²) in [7, 11) is -4.98. The van der Waals surface area contributed by atoms with Crippen molar-refractivity contribution in [3.05, 3.63) is 70.4 Å². The van der Waals surface area contributed by atoms with Crippen molar-refractivity contribution in [2.45, 2.75) is 62.1 Å². The Balaban J connectivity index is 1.14. The summed E-state index contributed by atoms with van der Waals surface area (Å²) in [6.45, 7) is 0.794. The molecule has 2 aromatic carbocycles. The second-order valence-electron chi connectivity index (χ2n) is 11.2. The number of carbonyl (C=O) groups excluding carboxylic acids is 3. The Morgan fingerprint density at radius 3 is 2.55 bits per heavy atom. The van der Waals surface area contributed by atoms with Gasteiger partial charge in [-0.15, -0.1) is 11.3 Å². The lowest BCUT2D eigenvalue weighted by molar-refractivity contribution is -0.148. The molecule has 1 unspecified atom stereocenters. The Labute approximate surface area is 244 Å². The van der Waals surface area contributed by atoms with Gasteiger partial charge >= 0.3 is 7.60 Å². The molecule has 3 saturated heterocycles. The number of hydrogen-bond acceptors (Lipinski definition) is 5. The van der Waals surface area contributed by atoms with Gasteiger partial charge in [-0.05, 0) is 72.9 Å². The largest absolute Gasteiger partial charge is 0.363 e. The van der Waals surface area contributed by atoms with Crippen LogP contribution in [0.15, 0.2) is 48.5 Å². The zero-order chi connectivity index (χ0) is 29.8. The number of likely N-dealkylation sites (tertiary alicyclic amines) is 1. The Morgan fingerprint density at radius 1 is 1.05 bits per heavy atom. The number of carbonyl (C=O) groups is 3. The Morgan fingerprint density at radius 2 is 1.81 bits per heavy atom. The Bertz CT molecular complexity index is 1600. The van der Waals surface area contributed by atoms with Gasteiger partial charge in [-0.2, -0.15) is 0 Å². The van der Waals surface area contributed by atoms with E-state index in [2.05, 4.69) is 5.32 Å². The number of alkyl halides is 1. The Kier molecular flexibility index (Phi) is 7.67. The Hall–Kier alpha value is -3.18. The molecule has 6 rings (SSSR count). The predicted octanol–water partition coefficient (Wildman–Crippen LogP) is 4.45. The predicted molar refractivity (Wildman–Crippen MR) is 152 cm³/mol. The van der Waals surface area contributed by atoms with Crippen molar-refractivity contribution < 1.29 is 37.5 Å². The van der Waals surface area contributed by atoms with Crippen LogP contribution in [-0.4, -0.2) is 68.5 Å². The first-order chi connectivity index (χ1) is 20.0. The maximum atomic E-state index is 14.2. The summed E-state index contributed by atoms with van der Waals surface area (Å²) < 4.78 is 40.3. The van der Waals surface area contributed by atoms with E-state index >= 15 is 0 Å². The molecule has 3 aliphatic rings. The van der Waals surface area contributed by atoms with Crippen LogP contribution in [-0.2, 0) is 14.2 Å². The highest BCUT2D eigenvalue weighted by Gasteiger charge is 2.47. The topological polar surface area (TPSA) is 127 Å². The van der Waals surface area contributed by atoms with E-state index in [-0.39, 0.29) is 40.0 Å². The molecule has 13 heteroatoms. The summed E-state index contributed by atoms with van der Waals surface area (Å²) in [5.41, 5.74) is 0.404. The summed E-state index contributed by atoms with van der Waals surface area (Å²) in [5.74, 6) is -3.76. The molecule has 4 heterocycles. The first-order valence-corrected chi connectivity index (χ1v) is 16.4. The lowest BCUT2D eigenvalue weighted by Gasteiger charge is -2.42. The van der Waals surface area contributed by atoms with Gasteiger partial charge in [0, 0.05) is 29.7 Å². The molecule has 0 spiro atoms. The second kappa shape index (κ2) is 11.1. The van der Waals surface area contributed by atoms with E-state index in [1.807, 2.05) is 0 Å². The van der Waals surface area contributed by atoms with Crippen LogP contribution in [0.5, 0.6) is 0 Å². The third kappa shape index (κ3) is 5.37. The fourth-order valence-corrected chi connectivity index (χ4v) is 7.85. The van der Waals surface area contributed by atoms with Gasteiger partial charge in [0.15, 0.2) is 0 Å². The molecule has 3 fully saturated rings. The van der Waals surface area contributed by atoms with Gasteiger partial charge in [-0.1, -0.05) is 24.3 Å². The van der Waals surface area contributed by atoms with Crippen LogP contribution >= 0.6 is 18.9 Å². The van der Waals surface area contributed by atoms with Crippen LogP contribution in [0.1, 0.15) is 64.7 Å². The molecule has 4 atom stereocenters. The number of rotatable bonds is 6. The van der Waals surface area contributed by atoms with Crippen molar-refractivity contribution in [1.29, 1.82) is 0 Å². The van der Waals surface area contributed by atoms with Gasteiger partial charge in [0.05, 0.1) is 4.88 Å². The van der Waals surface area contributed by atoms with Crippen molar-refractivity contribution in [3.8, 4) is 0 Å². The maximum Gasteiger partial charge on any atom is 0.363 e. The zero-order valence-electron chi connectivity index (χ0n) is 22.5. The van der Waals surface area contributed by atoms with E-state index in [1.165, 1.54) is 30.3 Å². The van der Waals surface area contributed by atoms with Crippen LogP contribution in [0.3, 0.4) is 0 Å². The maximum absolute atomic E-state index is 14.2. The quantitative estimate of drug-likeness (QED) is 0.351. The molecular weight excluding hydrogens is 587 g/mol. The highest BCUT2D eigenvalue weighted by Crippen LogP contribution is 2.53. The number of benzene rings is 2. The molecule has 42 heavy (non-hydrogen) atoms. The summed E-state index contributed by atoms with van der Waals surface area (Å²) in [5, 5.41) is 3.28. The highest BCUT2D eigenvalue weighted by molar-refractivity contribution is 7.51. The first kappa shape index (κ1) is 28.9. The van der Waals surface area contributed by atoms with Gasteiger partial charge in [-0.25, -0.2) is 8.78 Å². The number of nitrogens with one attached hydrogen (secondary N) is 1. The van der Waals surface area contributed by atoms with E-state index in [9.17, 15) is 37.5 Å². The lowest BCUT2D eigenvalue weighted by Crippen LogP contribution is -2.58. The van der Waals surface area contributed by atoms with Gasteiger partial charge in [0.1, 0.15) is 17.9 Å². The number of halogens is 2. The standard InChI is InChI=1S/C29H30F2N3O6PS/c30-21-6-2-1-5-20(21)18-14-33(15-18)29(37)23-10-9-19-4-3-7-22(28(36)34(19)23)32-27(35)25-13-17-12-16(8-11-24(17)42-25)26(31)41(38,39)40/h1-2,5-6,8,11-13,18-19,22-23,26H,3-4,7,9-10,14-15H2,(H,32,35)(H2,38,39,40)/t19-,22-,23-,26?/m0/s1. The lowest BCUT2D eigenvalue weighted by atomic mass is 9.90. The highest BCUT2D eigenvalue weighted by atomic mass is 32.1. The normalized spacial score (nSPS) is 23.8. The van der Waals surface area contributed by atoms with Crippen LogP contribution in [0, 0.1) is 5.82 Å². The van der Waals surface area contributed by atoms with Gasteiger partial charge in [0.25, 0.3) is 5.91 Å². The SMILES string of the molecule is O=C(N[C@H]1CCC[C@H]2CC[C@@H](C(=O)N3CC(c4ccccc4F)C3)N2C1=O)c1cc2cc(C(F)P(=O)(O)O)ccc2s1. The number of fused-ring (bicyclic) bond motifs is 2. The second-order valence-corrected chi connectivity index (χ2v) is 14.0. The van der Waals surface area contributed by atoms with Crippen LogP contribution in [0.4, 0.5) is 8.78 Å². The van der Waals surface area contributed by atoms with Crippen LogP contribution in [0.25, 0.3) is 10.1 Å². The molecule has 0 saturated carbocycles. The van der Waals surface area contributed by atoms with Gasteiger partial charge < -0.3 is 24.9 Å². The van der Waals surface area contributed by atoms with Crippen molar-refractivity contribution in [3.63, 3.8) is 0 Å². The molecule has 0 bridgehead atoms. The fraction of sp³-hybridized carbons (Fsp3) is 0.414. The molecule has 3 aliphatic heterocycles.